The topological polar surface area (TPSA) is 134 Å². The molecule has 0 saturated carbocycles. The second-order valence-electron chi connectivity index (χ2n) is 9.36. The first-order chi connectivity index (χ1) is 19.0. The summed E-state index contributed by atoms with van der Waals surface area (Å²) in [6.45, 7) is 1.14. The van der Waals surface area contributed by atoms with Crippen molar-refractivity contribution >= 4 is 34.2 Å². The molecule has 0 aliphatic carbocycles. The monoisotopic (exact) mass is 533 g/mol. The third-order valence-corrected chi connectivity index (χ3v) is 6.80. The molecule has 1 fully saturated rings. The molecule has 5 aromatic rings. The number of halogens is 2. The van der Waals surface area contributed by atoms with Crippen LogP contribution in [-0.2, 0) is 0 Å². The summed E-state index contributed by atoms with van der Waals surface area (Å²) in [5, 5.41) is 13.6. The molecular formula is C26H25F2N9O2. The van der Waals surface area contributed by atoms with Crippen molar-refractivity contribution in [2.75, 3.05) is 25.0 Å². The summed E-state index contributed by atoms with van der Waals surface area (Å²) in [4.78, 5) is 37.2. The van der Waals surface area contributed by atoms with Gasteiger partial charge in [-0.1, -0.05) is 0 Å². The lowest BCUT2D eigenvalue weighted by Gasteiger charge is -2.22. The van der Waals surface area contributed by atoms with Crippen LogP contribution in [0, 0.1) is 0 Å². The van der Waals surface area contributed by atoms with Crippen molar-refractivity contribution in [3.8, 4) is 11.1 Å². The number of piperidine rings is 1. The number of H-pyrrole nitrogens is 1. The smallest absolute Gasteiger partial charge is 0.270 e. The number of carbonyl (C=O) groups is 2. The standard InChI is InChI=1S/C26H25F2N9O2/c27-22(28)12-33-26(39)21-11-30-23-2-1-15(13-36(21)23)20-10-32-24-19(20)7-16(8-31-24)25(38)35-17-9-34-37(14-17)18-3-5-29-6-4-18/h1-2,7-11,13-14,18,22,29H,3-6,12H2,(H,31,32)(H,33,39)(H,35,38). The number of nitrogens with zero attached hydrogens (tertiary/aromatic N) is 5. The van der Waals surface area contributed by atoms with Crippen LogP contribution in [0.25, 0.3) is 27.8 Å². The third-order valence-electron chi connectivity index (χ3n) is 6.80. The predicted molar refractivity (Wildman–Crippen MR) is 140 cm³/mol. The molecule has 0 aromatic carbocycles. The lowest BCUT2D eigenvalue weighted by molar-refractivity contribution is 0.0886. The molecule has 4 N–H and O–H groups in total. The summed E-state index contributed by atoms with van der Waals surface area (Å²) in [5.74, 6) is -0.965. The van der Waals surface area contributed by atoms with E-state index in [1.165, 1.54) is 12.4 Å². The average molecular weight is 534 g/mol. The fourth-order valence-electron chi connectivity index (χ4n) is 4.81. The summed E-state index contributed by atoms with van der Waals surface area (Å²) < 4.78 is 28.6. The first-order valence-electron chi connectivity index (χ1n) is 12.5. The Morgan fingerprint density at radius 3 is 2.74 bits per heavy atom. The predicted octanol–water partition coefficient (Wildman–Crippen LogP) is 3.25. The van der Waals surface area contributed by atoms with Gasteiger partial charge in [-0.3, -0.25) is 18.7 Å². The normalized spacial score (nSPS) is 14.3. The minimum Gasteiger partial charge on any atom is -0.346 e. The van der Waals surface area contributed by atoms with Crippen LogP contribution in [0.3, 0.4) is 0 Å². The van der Waals surface area contributed by atoms with Crippen LogP contribution in [0.1, 0.15) is 39.7 Å². The number of aromatic amines is 1. The molecule has 11 nitrogen and oxygen atoms in total. The molecule has 0 unspecified atom stereocenters. The molecule has 1 aliphatic rings. The van der Waals surface area contributed by atoms with Gasteiger partial charge in [0.25, 0.3) is 18.2 Å². The van der Waals surface area contributed by atoms with E-state index in [0.29, 0.717) is 34.0 Å². The lowest BCUT2D eigenvalue weighted by Crippen LogP contribution is -2.29. The van der Waals surface area contributed by atoms with Crippen molar-refractivity contribution < 1.29 is 18.4 Å². The van der Waals surface area contributed by atoms with Gasteiger partial charge in [0.05, 0.1) is 36.2 Å². The SMILES string of the molecule is O=C(Nc1cnn(C2CCNCC2)c1)c1cnc2[nH]cc(-c3ccc4ncc(C(=O)NCC(F)F)n4c3)c2c1. The summed E-state index contributed by atoms with van der Waals surface area (Å²) in [6, 6.07) is 5.60. The largest absolute Gasteiger partial charge is 0.346 e. The number of hydrogen-bond donors (Lipinski definition) is 4. The van der Waals surface area contributed by atoms with E-state index in [2.05, 4.69) is 36.0 Å². The van der Waals surface area contributed by atoms with Crippen LogP contribution in [0.4, 0.5) is 14.5 Å². The van der Waals surface area contributed by atoms with Gasteiger partial charge in [0.1, 0.15) is 17.0 Å². The van der Waals surface area contributed by atoms with E-state index in [1.807, 2.05) is 16.9 Å². The number of nitrogens with one attached hydrogen (secondary N) is 4. The van der Waals surface area contributed by atoms with E-state index < -0.39 is 18.9 Å². The quantitative estimate of drug-likeness (QED) is 0.254. The van der Waals surface area contributed by atoms with Gasteiger partial charge in [0, 0.05) is 41.3 Å². The first kappa shape index (κ1) is 24.7. The van der Waals surface area contributed by atoms with Crippen LogP contribution >= 0.6 is 0 Å². The average Bonchev–Trinajstić information content (AvgIpc) is 3.70. The number of hydrogen-bond acceptors (Lipinski definition) is 6. The van der Waals surface area contributed by atoms with Gasteiger partial charge in [0.2, 0.25) is 0 Å². The molecule has 0 atom stereocenters. The molecular weight excluding hydrogens is 508 g/mol. The summed E-state index contributed by atoms with van der Waals surface area (Å²) in [5.41, 5.74) is 3.66. The van der Waals surface area contributed by atoms with E-state index in [9.17, 15) is 18.4 Å². The molecule has 5 aromatic heterocycles. The molecule has 13 heteroatoms. The van der Waals surface area contributed by atoms with Crippen LogP contribution in [-0.4, -0.2) is 67.0 Å². The molecule has 39 heavy (non-hydrogen) atoms. The summed E-state index contributed by atoms with van der Waals surface area (Å²) >= 11 is 0. The number of imidazole rings is 1. The minimum absolute atomic E-state index is 0.135. The maximum absolute atomic E-state index is 13.1. The van der Waals surface area contributed by atoms with Gasteiger partial charge in [-0.2, -0.15) is 5.10 Å². The Balaban J connectivity index is 1.26. The van der Waals surface area contributed by atoms with E-state index >= 15 is 0 Å². The zero-order valence-electron chi connectivity index (χ0n) is 20.7. The van der Waals surface area contributed by atoms with Crippen LogP contribution in [0.5, 0.6) is 0 Å². The molecule has 6 rings (SSSR count). The van der Waals surface area contributed by atoms with Crippen LogP contribution in [0.2, 0.25) is 0 Å². The fourth-order valence-corrected chi connectivity index (χ4v) is 4.81. The second-order valence-corrected chi connectivity index (χ2v) is 9.36. The molecule has 0 bridgehead atoms. The highest BCUT2D eigenvalue weighted by atomic mass is 19.3. The van der Waals surface area contributed by atoms with Gasteiger partial charge in [-0.05, 0) is 44.1 Å². The highest BCUT2D eigenvalue weighted by molar-refractivity contribution is 6.07. The molecule has 1 aliphatic heterocycles. The Morgan fingerprint density at radius 1 is 1.08 bits per heavy atom. The third kappa shape index (κ3) is 4.95. The van der Waals surface area contributed by atoms with Crippen molar-refractivity contribution in [3.05, 3.63) is 66.6 Å². The summed E-state index contributed by atoms with van der Waals surface area (Å²) in [7, 11) is 0. The Labute approximate surface area is 220 Å². The van der Waals surface area contributed by atoms with E-state index in [0.717, 1.165) is 37.1 Å². The Morgan fingerprint density at radius 2 is 1.92 bits per heavy atom. The number of carbonyl (C=O) groups excluding carboxylic acids is 2. The van der Waals surface area contributed by atoms with Gasteiger partial charge in [0.15, 0.2) is 0 Å². The minimum atomic E-state index is -2.65. The highest BCUT2D eigenvalue weighted by Crippen LogP contribution is 2.29. The van der Waals surface area contributed by atoms with E-state index in [1.54, 1.807) is 35.1 Å². The highest BCUT2D eigenvalue weighted by Gasteiger charge is 2.18. The second kappa shape index (κ2) is 10.3. The zero-order chi connectivity index (χ0) is 26.9. The van der Waals surface area contributed by atoms with Crippen molar-refractivity contribution in [1.82, 2.24) is 39.8 Å². The molecule has 200 valence electrons. The van der Waals surface area contributed by atoms with Crippen LogP contribution in [0.15, 0.2) is 55.4 Å². The maximum Gasteiger partial charge on any atom is 0.270 e. The zero-order valence-corrected chi connectivity index (χ0v) is 20.7. The molecule has 0 spiro atoms. The number of anilines is 1. The molecule has 0 radical (unpaired) electrons. The number of alkyl halides is 2. The number of pyridine rings is 2. The summed E-state index contributed by atoms with van der Waals surface area (Å²) in [6.07, 6.45) is 9.10. The first-order valence-corrected chi connectivity index (χ1v) is 12.5. The van der Waals surface area contributed by atoms with E-state index in [4.69, 9.17) is 0 Å². The van der Waals surface area contributed by atoms with Crippen molar-refractivity contribution in [2.45, 2.75) is 25.3 Å². The Kier molecular flexibility index (Phi) is 6.49. The fraction of sp³-hybridized carbons (Fsp3) is 0.269. The number of fused-ring (bicyclic) bond motifs is 2. The molecule has 6 heterocycles. The Hall–Kier alpha value is -4.65. The van der Waals surface area contributed by atoms with Crippen molar-refractivity contribution in [1.29, 1.82) is 0 Å². The van der Waals surface area contributed by atoms with Crippen molar-refractivity contribution in [2.24, 2.45) is 0 Å². The molecule has 1 saturated heterocycles. The van der Waals surface area contributed by atoms with Gasteiger partial charge in [-0.25, -0.2) is 18.7 Å². The van der Waals surface area contributed by atoms with E-state index in [-0.39, 0.29) is 11.6 Å². The number of amides is 2. The van der Waals surface area contributed by atoms with Gasteiger partial charge in [-0.15, -0.1) is 0 Å². The van der Waals surface area contributed by atoms with Gasteiger partial charge < -0.3 is 20.9 Å². The Bertz CT molecular complexity index is 1670. The van der Waals surface area contributed by atoms with Gasteiger partial charge >= 0.3 is 0 Å². The van der Waals surface area contributed by atoms with Crippen LogP contribution < -0.4 is 16.0 Å². The van der Waals surface area contributed by atoms with Crippen molar-refractivity contribution in [3.63, 3.8) is 0 Å². The molecule has 2 amide bonds. The maximum atomic E-state index is 13.1. The number of rotatable bonds is 7. The lowest BCUT2D eigenvalue weighted by atomic mass is 10.1. The number of aromatic nitrogens is 6.